The van der Waals surface area contributed by atoms with Crippen LogP contribution < -0.4 is 0 Å². The smallest absolute Gasteiger partial charge is 0.251 e. The van der Waals surface area contributed by atoms with Crippen LogP contribution in [-0.2, 0) is 11.2 Å². The molecule has 0 bridgehead atoms. The van der Waals surface area contributed by atoms with Crippen LogP contribution in [0.1, 0.15) is 5.56 Å². The molecule has 1 heterocycles. The third-order valence-electron chi connectivity index (χ3n) is 3.24. The van der Waals surface area contributed by atoms with Gasteiger partial charge in [0.2, 0.25) is 0 Å². The molecule has 3 N–H and O–H groups in total. The quantitative estimate of drug-likeness (QED) is 0.675. The minimum atomic E-state index is -1.21. The third kappa shape index (κ3) is 3.53. The summed E-state index contributed by atoms with van der Waals surface area (Å²) in [6.45, 7) is 0.131. The topological polar surface area (TPSA) is 81.0 Å². The van der Waals surface area contributed by atoms with Crippen molar-refractivity contribution in [2.75, 3.05) is 13.1 Å². The highest BCUT2D eigenvalue weighted by atomic mass is 16.3. The van der Waals surface area contributed by atoms with Gasteiger partial charge in [-0.2, -0.15) is 0 Å². The first-order valence-corrected chi connectivity index (χ1v) is 6.28. The molecule has 5 nitrogen and oxygen atoms in total. The fraction of sp³-hybridized carbons (Fsp3) is 0.429. The second-order valence-electron chi connectivity index (χ2n) is 4.75. The molecule has 1 amide bonds. The molecule has 1 aliphatic heterocycles. The molecular formula is C14H18NO4. The van der Waals surface area contributed by atoms with Crippen LogP contribution in [0, 0.1) is 6.42 Å². The Balaban J connectivity index is 1.83. The Bertz CT molecular complexity index is 413. The highest BCUT2D eigenvalue weighted by molar-refractivity contribution is 5.82. The molecule has 1 aliphatic rings. The van der Waals surface area contributed by atoms with Crippen molar-refractivity contribution in [3.63, 3.8) is 0 Å². The van der Waals surface area contributed by atoms with E-state index in [-0.39, 0.29) is 13.1 Å². The Morgan fingerprint density at radius 3 is 2.42 bits per heavy atom. The molecule has 1 radical (unpaired) electrons. The number of hydrogen-bond donors (Lipinski definition) is 3. The maximum absolute atomic E-state index is 11.9. The summed E-state index contributed by atoms with van der Waals surface area (Å²) in [5.41, 5.74) is 1.01. The molecule has 1 aromatic carbocycles. The van der Waals surface area contributed by atoms with Crippen molar-refractivity contribution in [2.24, 2.45) is 0 Å². The van der Waals surface area contributed by atoms with Gasteiger partial charge in [-0.05, 0) is 12.0 Å². The number of carbonyl (C=O) groups is 1. The van der Waals surface area contributed by atoms with E-state index in [0.717, 1.165) is 5.56 Å². The van der Waals surface area contributed by atoms with Crippen molar-refractivity contribution in [2.45, 2.75) is 24.7 Å². The minimum absolute atomic E-state index is 0.0657. The Morgan fingerprint density at radius 1 is 1.26 bits per heavy atom. The maximum atomic E-state index is 11.9. The van der Waals surface area contributed by atoms with Gasteiger partial charge in [0, 0.05) is 19.5 Å². The lowest BCUT2D eigenvalue weighted by atomic mass is 10.1. The van der Waals surface area contributed by atoms with E-state index in [1.165, 1.54) is 11.3 Å². The standard InChI is InChI=1S/C14H18NO4/c16-11(7-6-10-4-2-1-3-5-10)14(19)15-8-12(17)13(18)9-15/h1-5,7,11-13,16-18H,6,8-9H2/t11-,12+,13+/m1/s1. The SMILES string of the molecule is O=C([C@H](O)[CH]Cc1ccccc1)N1C[C@H](O)[C@@H](O)C1. The van der Waals surface area contributed by atoms with E-state index < -0.39 is 24.2 Å². The lowest BCUT2D eigenvalue weighted by Gasteiger charge is -2.19. The van der Waals surface area contributed by atoms with Gasteiger partial charge < -0.3 is 20.2 Å². The summed E-state index contributed by atoms with van der Waals surface area (Å²) in [6.07, 6.45) is -1.05. The van der Waals surface area contributed by atoms with E-state index in [1.54, 1.807) is 0 Å². The van der Waals surface area contributed by atoms with Gasteiger partial charge in [-0.25, -0.2) is 0 Å². The molecule has 1 saturated heterocycles. The monoisotopic (exact) mass is 264 g/mol. The molecule has 1 fully saturated rings. The molecule has 0 aromatic heterocycles. The molecule has 103 valence electrons. The molecule has 2 rings (SSSR count). The van der Waals surface area contributed by atoms with Gasteiger partial charge in [0.05, 0.1) is 12.2 Å². The van der Waals surface area contributed by atoms with E-state index in [9.17, 15) is 20.1 Å². The normalized spacial score (nSPS) is 24.5. The van der Waals surface area contributed by atoms with Crippen molar-refractivity contribution >= 4 is 5.91 Å². The number of β-amino-alcohol motifs (C(OH)–C–C–N with tert-alkyl or cyclic N) is 2. The molecule has 0 unspecified atom stereocenters. The summed E-state index contributed by atoms with van der Waals surface area (Å²) < 4.78 is 0. The van der Waals surface area contributed by atoms with Crippen LogP contribution in [0.5, 0.6) is 0 Å². The number of benzene rings is 1. The highest BCUT2D eigenvalue weighted by Crippen LogP contribution is 2.13. The molecule has 5 heteroatoms. The van der Waals surface area contributed by atoms with Crippen molar-refractivity contribution in [1.29, 1.82) is 0 Å². The molecule has 3 atom stereocenters. The van der Waals surface area contributed by atoms with Crippen LogP contribution >= 0.6 is 0 Å². The summed E-state index contributed by atoms with van der Waals surface area (Å²) >= 11 is 0. The van der Waals surface area contributed by atoms with Crippen LogP contribution in [0.25, 0.3) is 0 Å². The van der Waals surface area contributed by atoms with E-state index >= 15 is 0 Å². The second-order valence-corrected chi connectivity index (χ2v) is 4.75. The first kappa shape index (κ1) is 14.0. The number of nitrogens with zero attached hydrogens (tertiary/aromatic N) is 1. The zero-order valence-electron chi connectivity index (χ0n) is 10.5. The van der Waals surface area contributed by atoms with E-state index in [0.29, 0.717) is 6.42 Å². The zero-order valence-corrected chi connectivity index (χ0v) is 10.5. The number of aliphatic hydroxyl groups excluding tert-OH is 3. The van der Waals surface area contributed by atoms with Crippen molar-refractivity contribution < 1.29 is 20.1 Å². The van der Waals surface area contributed by atoms with Gasteiger partial charge in [0.25, 0.3) is 5.91 Å². The lowest BCUT2D eigenvalue weighted by molar-refractivity contribution is -0.138. The third-order valence-corrected chi connectivity index (χ3v) is 3.24. The molecular weight excluding hydrogens is 246 g/mol. The van der Waals surface area contributed by atoms with Gasteiger partial charge in [0.1, 0.15) is 6.10 Å². The van der Waals surface area contributed by atoms with Crippen molar-refractivity contribution in [3.05, 3.63) is 42.3 Å². The van der Waals surface area contributed by atoms with Crippen molar-refractivity contribution in [3.8, 4) is 0 Å². The fourth-order valence-corrected chi connectivity index (χ4v) is 2.10. The largest absolute Gasteiger partial charge is 0.388 e. The molecule has 0 aliphatic carbocycles. The van der Waals surface area contributed by atoms with Crippen molar-refractivity contribution in [1.82, 2.24) is 4.90 Å². The molecule has 19 heavy (non-hydrogen) atoms. The summed E-state index contributed by atoms with van der Waals surface area (Å²) in [5, 5.41) is 28.5. The van der Waals surface area contributed by atoms with Gasteiger partial charge in [-0.15, -0.1) is 0 Å². The summed E-state index contributed by atoms with van der Waals surface area (Å²) in [4.78, 5) is 13.2. The van der Waals surface area contributed by atoms with Gasteiger partial charge in [-0.3, -0.25) is 4.79 Å². The summed E-state index contributed by atoms with van der Waals surface area (Å²) in [5.74, 6) is -0.480. The minimum Gasteiger partial charge on any atom is -0.388 e. The zero-order chi connectivity index (χ0) is 13.8. The van der Waals surface area contributed by atoms with Crippen LogP contribution in [0.4, 0.5) is 0 Å². The predicted octanol–water partition coefficient (Wildman–Crippen LogP) is -0.642. The Labute approximate surface area is 112 Å². The number of amides is 1. The molecule has 1 aromatic rings. The molecule has 0 saturated carbocycles. The Kier molecular flexibility index (Phi) is 4.52. The highest BCUT2D eigenvalue weighted by Gasteiger charge is 2.34. The first-order valence-electron chi connectivity index (χ1n) is 6.28. The maximum Gasteiger partial charge on any atom is 0.251 e. The summed E-state index contributed by atoms with van der Waals surface area (Å²) in [6, 6.07) is 9.52. The van der Waals surface area contributed by atoms with E-state index in [1.807, 2.05) is 30.3 Å². The number of carbonyl (C=O) groups excluding carboxylic acids is 1. The van der Waals surface area contributed by atoms with Crippen LogP contribution in [0.15, 0.2) is 30.3 Å². The van der Waals surface area contributed by atoms with Crippen LogP contribution in [0.3, 0.4) is 0 Å². The second kappa shape index (κ2) is 6.14. The predicted molar refractivity (Wildman–Crippen MR) is 69.0 cm³/mol. The summed E-state index contributed by atoms with van der Waals surface area (Å²) in [7, 11) is 0. The number of aliphatic hydroxyl groups is 3. The lowest BCUT2D eigenvalue weighted by Crippen LogP contribution is -2.38. The Hall–Kier alpha value is -1.43. The number of likely N-dealkylation sites (tertiary alicyclic amines) is 1. The fourth-order valence-electron chi connectivity index (χ4n) is 2.10. The number of hydrogen-bond acceptors (Lipinski definition) is 4. The van der Waals surface area contributed by atoms with Gasteiger partial charge >= 0.3 is 0 Å². The van der Waals surface area contributed by atoms with Crippen LogP contribution in [-0.4, -0.2) is 57.5 Å². The van der Waals surface area contributed by atoms with Gasteiger partial charge in [0.15, 0.2) is 0 Å². The van der Waals surface area contributed by atoms with Gasteiger partial charge in [-0.1, -0.05) is 30.3 Å². The number of rotatable bonds is 4. The van der Waals surface area contributed by atoms with E-state index in [2.05, 4.69) is 0 Å². The van der Waals surface area contributed by atoms with E-state index in [4.69, 9.17) is 0 Å². The molecule has 0 spiro atoms. The average Bonchev–Trinajstić information content (AvgIpc) is 2.76. The Morgan fingerprint density at radius 2 is 1.84 bits per heavy atom. The first-order chi connectivity index (χ1) is 9.08. The average molecular weight is 264 g/mol. The van der Waals surface area contributed by atoms with Crippen LogP contribution in [0.2, 0.25) is 0 Å².